The van der Waals surface area contributed by atoms with Crippen LogP contribution < -0.4 is 5.32 Å². The molecule has 0 atom stereocenters. The fourth-order valence-electron chi connectivity index (χ4n) is 2.01. The van der Waals surface area contributed by atoms with Crippen LogP contribution in [-0.4, -0.2) is 40.5 Å². The van der Waals surface area contributed by atoms with Crippen molar-refractivity contribution in [3.63, 3.8) is 0 Å². The number of nitrogens with zero attached hydrogens (tertiary/aromatic N) is 3. The largest absolute Gasteiger partial charge is 0.368 e. The van der Waals surface area contributed by atoms with Gasteiger partial charge in [0.05, 0.1) is 9.40 Å². The number of pyridine rings is 1. The van der Waals surface area contributed by atoms with Gasteiger partial charge in [-0.25, -0.2) is 4.98 Å². The van der Waals surface area contributed by atoms with Crippen LogP contribution in [0.5, 0.6) is 0 Å². The third-order valence-corrected chi connectivity index (χ3v) is 3.80. The Balaban J connectivity index is 1.87. The van der Waals surface area contributed by atoms with E-state index in [1.54, 1.807) is 0 Å². The van der Waals surface area contributed by atoms with Gasteiger partial charge in [0, 0.05) is 25.2 Å². The molecule has 7 heteroatoms. The summed E-state index contributed by atoms with van der Waals surface area (Å²) < 4.78 is 0.621. The topological polar surface area (TPSA) is 71.3 Å². The molecule has 1 aromatic heterocycles. The van der Waals surface area contributed by atoms with Crippen LogP contribution in [0.4, 0.5) is 11.5 Å². The van der Waals surface area contributed by atoms with Gasteiger partial charge in [0.15, 0.2) is 0 Å². The van der Waals surface area contributed by atoms with Crippen LogP contribution in [0.2, 0.25) is 0 Å². The first kappa shape index (κ1) is 14.2. The molecule has 104 valence electrons. The van der Waals surface area contributed by atoms with Gasteiger partial charge >= 0.3 is 0 Å². The quantitative estimate of drug-likeness (QED) is 0.615. The molecular formula is C12H17BrN4O2. The number of halogens is 1. The van der Waals surface area contributed by atoms with E-state index < -0.39 is 4.92 Å². The molecule has 0 unspecified atom stereocenters. The lowest BCUT2D eigenvalue weighted by Crippen LogP contribution is -2.31. The summed E-state index contributed by atoms with van der Waals surface area (Å²) in [6, 6.07) is 2.22. The second-order valence-electron chi connectivity index (χ2n) is 4.57. The van der Waals surface area contributed by atoms with Crippen molar-refractivity contribution in [2.24, 2.45) is 0 Å². The Morgan fingerprint density at radius 3 is 2.89 bits per heavy atom. The number of nitro groups is 1. The van der Waals surface area contributed by atoms with Crippen LogP contribution in [-0.2, 0) is 0 Å². The highest BCUT2D eigenvalue weighted by molar-refractivity contribution is 9.10. The first-order chi connectivity index (χ1) is 9.11. The molecule has 6 nitrogen and oxygen atoms in total. The zero-order valence-electron chi connectivity index (χ0n) is 10.8. The van der Waals surface area contributed by atoms with Crippen molar-refractivity contribution in [2.75, 3.05) is 25.0 Å². The molecule has 0 bridgehead atoms. The normalized spacial score (nSPS) is 14.7. The third kappa shape index (κ3) is 3.87. The second-order valence-corrected chi connectivity index (χ2v) is 5.42. The molecule has 1 N–H and O–H groups in total. The van der Waals surface area contributed by atoms with Crippen LogP contribution in [0, 0.1) is 10.1 Å². The maximum Gasteiger partial charge on any atom is 0.288 e. The summed E-state index contributed by atoms with van der Waals surface area (Å²) in [5.74, 6) is 0.650. The van der Waals surface area contributed by atoms with Gasteiger partial charge in [0.1, 0.15) is 12.0 Å². The van der Waals surface area contributed by atoms with E-state index in [2.05, 4.69) is 38.1 Å². The molecule has 0 saturated heterocycles. The average Bonchev–Trinajstić information content (AvgIpc) is 3.20. The summed E-state index contributed by atoms with van der Waals surface area (Å²) in [5, 5.41) is 13.8. The molecule has 0 aromatic carbocycles. The molecule has 1 aliphatic rings. The highest BCUT2D eigenvalue weighted by Gasteiger charge is 2.27. The minimum Gasteiger partial charge on any atom is -0.368 e. The van der Waals surface area contributed by atoms with Gasteiger partial charge in [-0.2, -0.15) is 0 Å². The molecule has 1 saturated carbocycles. The first-order valence-corrected chi connectivity index (χ1v) is 7.19. The van der Waals surface area contributed by atoms with Crippen molar-refractivity contribution in [1.82, 2.24) is 9.88 Å². The fraction of sp³-hybridized carbons (Fsp3) is 0.583. The van der Waals surface area contributed by atoms with E-state index in [1.807, 2.05) is 0 Å². The van der Waals surface area contributed by atoms with Gasteiger partial charge in [-0.1, -0.05) is 6.92 Å². The van der Waals surface area contributed by atoms with Gasteiger partial charge in [-0.15, -0.1) is 0 Å². The van der Waals surface area contributed by atoms with Crippen LogP contribution in [0.3, 0.4) is 0 Å². The predicted octanol–water partition coefficient (Wildman–Crippen LogP) is 2.65. The summed E-state index contributed by atoms with van der Waals surface area (Å²) in [4.78, 5) is 16.7. The van der Waals surface area contributed by atoms with E-state index in [0.29, 0.717) is 10.3 Å². The zero-order chi connectivity index (χ0) is 13.8. The van der Waals surface area contributed by atoms with E-state index >= 15 is 0 Å². The summed E-state index contributed by atoms with van der Waals surface area (Å²) in [5.41, 5.74) is -0.00871. The number of rotatable bonds is 7. The predicted molar refractivity (Wildman–Crippen MR) is 77.4 cm³/mol. The molecule has 0 amide bonds. The van der Waals surface area contributed by atoms with E-state index in [4.69, 9.17) is 0 Å². The minimum atomic E-state index is -0.451. The summed E-state index contributed by atoms with van der Waals surface area (Å²) in [6.07, 6.45) is 3.87. The van der Waals surface area contributed by atoms with Gasteiger partial charge in [0.2, 0.25) is 0 Å². The fourth-order valence-corrected chi connectivity index (χ4v) is 2.49. The molecule has 2 rings (SSSR count). The van der Waals surface area contributed by atoms with Gasteiger partial charge in [0.25, 0.3) is 5.69 Å². The van der Waals surface area contributed by atoms with Crippen LogP contribution in [0.15, 0.2) is 16.7 Å². The number of hydrogen-bond acceptors (Lipinski definition) is 5. The average molecular weight is 329 g/mol. The Kier molecular flexibility index (Phi) is 4.71. The summed E-state index contributed by atoms with van der Waals surface area (Å²) >= 11 is 3.30. The van der Waals surface area contributed by atoms with Crippen molar-refractivity contribution >= 4 is 27.4 Å². The Labute approximate surface area is 120 Å². The second kappa shape index (κ2) is 6.29. The number of likely N-dealkylation sites (N-methyl/N-ethyl adjacent to an activating group) is 1. The van der Waals surface area contributed by atoms with Crippen molar-refractivity contribution in [3.05, 3.63) is 26.9 Å². The van der Waals surface area contributed by atoms with Crippen LogP contribution in [0.25, 0.3) is 0 Å². The molecule has 1 heterocycles. The first-order valence-electron chi connectivity index (χ1n) is 6.39. The van der Waals surface area contributed by atoms with Gasteiger partial charge in [-0.3, -0.25) is 15.0 Å². The van der Waals surface area contributed by atoms with E-state index in [-0.39, 0.29) is 5.69 Å². The summed E-state index contributed by atoms with van der Waals surface area (Å²) in [6.45, 7) is 4.97. The number of nitrogens with one attached hydrogen (secondary N) is 1. The monoisotopic (exact) mass is 328 g/mol. The molecule has 1 fully saturated rings. The van der Waals surface area contributed by atoms with E-state index in [1.165, 1.54) is 25.1 Å². The van der Waals surface area contributed by atoms with Crippen LogP contribution in [0.1, 0.15) is 19.8 Å². The smallest absolute Gasteiger partial charge is 0.288 e. The lowest BCUT2D eigenvalue weighted by molar-refractivity contribution is -0.385. The molecular weight excluding hydrogens is 312 g/mol. The van der Waals surface area contributed by atoms with Crippen molar-refractivity contribution < 1.29 is 4.92 Å². The van der Waals surface area contributed by atoms with Gasteiger partial charge in [-0.05, 0) is 35.3 Å². The van der Waals surface area contributed by atoms with Crippen molar-refractivity contribution in [3.8, 4) is 0 Å². The maximum atomic E-state index is 10.6. The lowest BCUT2D eigenvalue weighted by atomic mass is 10.4. The van der Waals surface area contributed by atoms with Crippen LogP contribution >= 0.6 is 15.9 Å². The molecule has 0 radical (unpaired) electrons. The lowest BCUT2D eigenvalue weighted by Gasteiger charge is -2.20. The molecule has 0 spiro atoms. The zero-order valence-corrected chi connectivity index (χ0v) is 12.4. The SMILES string of the molecule is CCN(CCNc1ncc([N+](=O)[O-])cc1Br)C1CC1. The molecule has 0 aliphatic heterocycles. The number of aromatic nitrogens is 1. The highest BCUT2D eigenvalue weighted by atomic mass is 79.9. The third-order valence-electron chi connectivity index (χ3n) is 3.20. The molecule has 19 heavy (non-hydrogen) atoms. The molecule has 1 aromatic rings. The molecule has 1 aliphatic carbocycles. The Morgan fingerprint density at radius 1 is 1.63 bits per heavy atom. The van der Waals surface area contributed by atoms with Crippen molar-refractivity contribution in [1.29, 1.82) is 0 Å². The Bertz CT molecular complexity index is 465. The van der Waals surface area contributed by atoms with Gasteiger partial charge < -0.3 is 5.32 Å². The highest BCUT2D eigenvalue weighted by Crippen LogP contribution is 2.27. The Morgan fingerprint density at radius 2 is 2.37 bits per heavy atom. The van der Waals surface area contributed by atoms with E-state index in [9.17, 15) is 10.1 Å². The van der Waals surface area contributed by atoms with Crippen molar-refractivity contribution in [2.45, 2.75) is 25.8 Å². The number of hydrogen-bond donors (Lipinski definition) is 1. The maximum absolute atomic E-state index is 10.6. The van der Waals surface area contributed by atoms with E-state index in [0.717, 1.165) is 25.7 Å². The summed E-state index contributed by atoms with van der Waals surface area (Å²) in [7, 11) is 0. The number of anilines is 1. The minimum absolute atomic E-state index is 0.00871. The standard InChI is InChI=1S/C12H17BrN4O2/c1-2-16(9-3-4-9)6-5-14-12-11(13)7-10(8-15-12)17(18)19/h7-9H,2-6H2,1H3,(H,14,15). The Hall–Kier alpha value is -1.21.